The Hall–Kier alpha value is -0.460. The smallest absolute Gasteiger partial charge is 0.0977 e. The maximum absolute atomic E-state index is 6.06. The molecule has 0 atom stereocenters. The third kappa shape index (κ3) is 6.14. The molecule has 0 rings (SSSR count). The summed E-state index contributed by atoms with van der Waals surface area (Å²) in [4.78, 5) is 0. The Bertz CT molecular complexity index is 208. The van der Waals surface area contributed by atoms with Crippen LogP contribution in [0.25, 0.3) is 0 Å². The normalized spacial score (nSPS) is 13.2. The molecule has 0 aromatic carbocycles. The maximum Gasteiger partial charge on any atom is 0.0977 e. The molecule has 0 aliphatic carbocycles. The minimum Gasteiger partial charge on any atom is -0.495 e. The fourth-order valence-electron chi connectivity index (χ4n) is 2.36. The first-order chi connectivity index (χ1) is 8.10. The van der Waals surface area contributed by atoms with E-state index in [0.29, 0.717) is 6.10 Å². The molecule has 0 radical (unpaired) electrons. The van der Waals surface area contributed by atoms with Gasteiger partial charge in [-0.1, -0.05) is 40.5 Å². The molecule has 0 aliphatic heterocycles. The molecule has 0 bridgehead atoms. The highest BCUT2D eigenvalue weighted by Crippen LogP contribution is 2.26. The Morgan fingerprint density at radius 1 is 0.882 bits per heavy atom. The summed E-state index contributed by atoms with van der Waals surface area (Å²) in [5, 5.41) is 0. The van der Waals surface area contributed by atoms with Crippen molar-refractivity contribution in [3.8, 4) is 0 Å². The molecule has 17 heavy (non-hydrogen) atoms. The van der Waals surface area contributed by atoms with E-state index in [1.54, 1.807) is 0 Å². The largest absolute Gasteiger partial charge is 0.495 e. The van der Waals surface area contributed by atoms with Crippen molar-refractivity contribution in [3.05, 3.63) is 11.3 Å². The predicted octanol–water partition coefficient (Wildman–Crippen LogP) is 5.70. The Morgan fingerprint density at radius 2 is 1.35 bits per heavy atom. The van der Waals surface area contributed by atoms with E-state index in [0.717, 1.165) is 18.8 Å². The van der Waals surface area contributed by atoms with Crippen LogP contribution < -0.4 is 0 Å². The molecule has 102 valence electrons. The van der Waals surface area contributed by atoms with Crippen molar-refractivity contribution in [3.63, 3.8) is 0 Å². The van der Waals surface area contributed by atoms with Gasteiger partial charge in [0.05, 0.1) is 11.9 Å². The number of rotatable bonds is 9. The van der Waals surface area contributed by atoms with E-state index in [4.69, 9.17) is 4.74 Å². The van der Waals surface area contributed by atoms with Gasteiger partial charge in [-0.15, -0.1) is 0 Å². The van der Waals surface area contributed by atoms with E-state index >= 15 is 0 Å². The summed E-state index contributed by atoms with van der Waals surface area (Å²) in [6.45, 7) is 13.3. The van der Waals surface area contributed by atoms with Crippen molar-refractivity contribution in [1.82, 2.24) is 0 Å². The van der Waals surface area contributed by atoms with E-state index in [1.807, 2.05) is 0 Å². The van der Waals surface area contributed by atoms with Crippen LogP contribution in [0.5, 0.6) is 0 Å². The summed E-state index contributed by atoms with van der Waals surface area (Å²) < 4.78 is 6.06. The average Bonchev–Trinajstić information content (AvgIpc) is 2.34. The Morgan fingerprint density at radius 3 is 1.71 bits per heavy atom. The van der Waals surface area contributed by atoms with Crippen LogP contribution in [0.2, 0.25) is 0 Å². The van der Waals surface area contributed by atoms with Crippen molar-refractivity contribution in [1.29, 1.82) is 0 Å². The summed E-state index contributed by atoms with van der Waals surface area (Å²) in [6, 6.07) is 0. The molecule has 0 spiro atoms. The minimum atomic E-state index is 0.397. The molecule has 0 aromatic heterocycles. The van der Waals surface area contributed by atoms with Crippen LogP contribution in [0.1, 0.15) is 80.1 Å². The first-order valence-corrected chi connectivity index (χ1v) is 7.44. The van der Waals surface area contributed by atoms with Crippen molar-refractivity contribution in [2.75, 3.05) is 0 Å². The lowest BCUT2D eigenvalue weighted by atomic mass is 9.90. The lowest BCUT2D eigenvalue weighted by molar-refractivity contribution is 0.106. The molecule has 1 nitrogen and oxygen atoms in total. The van der Waals surface area contributed by atoms with Crippen LogP contribution in [0.3, 0.4) is 0 Å². The van der Waals surface area contributed by atoms with Gasteiger partial charge < -0.3 is 4.74 Å². The number of ether oxygens (including phenoxy) is 1. The molecule has 0 aliphatic rings. The topological polar surface area (TPSA) is 9.23 Å². The highest BCUT2D eigenvalue weighted by Gasteiger charge is 2.14. The third-order valence-corrected chi connectivity index (χ3v) is 3.70. The van der Waals surface area contributed by atoms with Crippen LogP contribution >= 0.6 is 0 Å². The fourth-order valence-corrected chi connectivity index (χ4v) is 2.36. The van der Waals surface area contributed by atoms with Gasteiger partial charge in [0, 0.05) is 0 Å². The molecule has 0 unspecified atom stereocenters. The Kier molecular flexibility index (Phi) is 9.30. The van der Waals surface area contributed by atoms with Gasteiger partial charge >= 0.3 is 0 Å². The zero-order valence-electron chi connectivity index (χ0n) is 12.8. The maximum atomic E-state index is 6.06. The molecule has 0 N–H and O–H groups in total. The summed E-state index contributed by atoms with van der Waals surface area (Å²) in [5.41, 5.74) is 1.47. The molecule has 0 fully saturated rings. The number of hydrogen-bond donors (Lipinski definition) is 0. The second-order valence-corrected chi connectivity index (χ2v) is 5.07. The first-order valence-electron chi connectivity index (χ1n) is 7.44. The van der Waals surface area contributed by atoms with Crippen LogP contribution in [-0.2, 0) is 4.74 Å². The van der Waals surface area contributed by atoms with E-state index in [1.165, 1.54) is 37.0 Å². The molecular formula is C16H32O. The standard InChI is InChI=1S/C16H32O/c1-7-11-15(12-8-2)13(5)14(6)17-16(9-3)10-4/h15-16H,7-12H2,1-6H3. The first kappa shape index (κ1) is 16.5. The molecule has 0 saturated carbocycles. The van der Waals surface area contributed by atoms with E-state index in [-0.39, 0.29) is 0 Å². The molecule has 0 heterocycles. The van der Waals surface area contributed by atoms with Crippen LogP contribution in [0, 0.1) is 5.92 Å². The SMILES string of the molecule is CCCC(CCC)C(C)=C(C)OC(CC)CC. The van der Waals surface area contributed by atoms with Crippen molar-refractivity contribution < 1.29 is 4.74 Å². The van der Waals surface area contributed by atoms with Crippen molar-refractivity contribution in [2.24, 2.45) is 5.92 Å². The quantitative estimate of drug-likeness (QED) is 0.470. The lowest BCUT2D eigenvalue weighted by Crippen LogP contribution is -2.12. The molecule has 0 aromatic rings. The monoisotopic (exact) mass is 240 g/mol. The molecule has 1 heteroatoms. The second kappa shape index (κ2) is 9.56. The van der Waals surface area contributed by atoms with Gasteiger partial charge in [0.15, 0.2) is 0 Å². The molecular weight excluding hydrogens is 208 g/mol. The molecule has 0 saturated heterocycles. The zero-order valence-corrected chi connectivity index (χ0v) is 12.8. The summed E-state index contributed by atoms with van der Waals surface area (Å²) in [5.74, 6) is 1.89. The summed E-state index contributed by atoms with van der Waals surface area (Å²) in [7, 11) is 0. The van der Waals surface area contributed by atoms with E-state index in [9.17, 15) is 0 Å². The minimum absolute atomic E-state index is 0.397. The van der Waals surface area contributed by atoms with Gasteiger partial charge in [0.1, 0.15) is 0 Å². The van der Waals surface area contributed by atoms with Crippen LogP contribution in [0.15, 0.2) is 11.3 Å². The highest BCUT2D eigenvalue weighted by atomic mass is 16.5. The second-order valence-electron chi connectivity index (χ2n) is 5.07. The predicted molar refractivity (Wildman–Crippen MR) is 77.1 cm³/mol. The number of allylic oxidation sites excluding steroid dienone is 2. The highest BCUT2D eigenvalue weighted by molar-refractivity contribution is 5.08. The summed E-state index contributed by atoms with van der Waals surface area (Å²) >= 11 is 0. The van der Waals surface area contributed by atoms with Gasteiger partial charge in [0.2, 0.25) is 0 Å². The third-order valence-electron chi connectivity index (χ3n) is 3.70. The van der Waals surface area contributed by atoms with E-state index < -0.39 is 0 Å². The van der Waals surface area contributed by atoms with Gasteiger partial charge in [-0.3, -0.25) is 0 Å². The Balaban J connectivity index is 4.60. The summed E-state index contributed by atoms with van der Waals surface area (Å²) in [6.07, 6.45) is 7.72. The van der Waals surface area contributed by atoms with Crippen molar-refractivity contribution in [2.45, 2.75) is 86.2 Å². The van der Waals surface area contributed by atoms with Crippen molar-refractivity contribution >= 4 is 0 Å². The lowest BCUT2D eigenvalue weighted by Gasteiger charge is -2.22. The fraction of sp³-hybridized carbons (Fsp3) is 0.875. The van der Waals surface area contributed by atoms with E-state index in [2.05, 4.69) is 41.5 Å². The number of hydrogen-bond acceptors (Lipinski definition) is 1. The van der Waals surface area contributed by atoms with Gasteiger partial charge in [-0.2, -0.15) is 0 Å². The van der Waals surface area contributed by atoms with Gasteiger partial charge in [-0.25, -0.2) is 0 Å². The van der Waals surface area contributed by atoms with Crippen LogP contribution in [0.4, 0.5) is 0 Å². The average molecular weight is 240 g/mol. The Labute approximate surface area is 109 Å². The zero-order chi connectivity index (χ0) is 13.3. The van der Waals surface area contributed by atoms with Crippen LogP contribution in [-0.4, -0.2) is 6.10 Å². The molecule has 0 amide bonds. The van der Waals surface area contributed by atoms with Gasteiger partial charge in [0.25, 0.3) is 0 Å². The van der Waals surface area contributed by atoms with Gasteiger partial charge in [-0.05, 0) is 51.0 Å².